The lowest BCUT2D eigenvalue weighted by Gasteiger charge is -2.20. The quantitative estimate of drug-likeness (QED) is 0.745. The van der Waals surface area contributed by atoms with Crippen LogP contribution in [0.25, 0.3) is 0 Å². The fourth-order valence-electron chi connectivity index (χ4n) is 2.96. The summed E-state index contributed by atoms with van der Waals surface area (Å²) in [7, 11) is 0. The number of rotatable bonds is 4. The van der Waals surface area contributed by atoms with Gasteiger partial charge in [-0.3, -0.25) is 10.2 Å². The average Bonchev–Trinajstić information content (AvgIpc) is 3.06. The lowest BCUT2D eigenvalue weighted by Crippen LogP contribution is -2.45. The number of carbonyl (C=O) groups is 1. The number of hydrogen-bond donors (Lipinski definition) is 3. The first kappa shape index (κ1) is 13.4. The lowest BCUT2D eigenvalue weighted by atomic mass is 10.1. The fraction of sp³-hybridized carbons (Fsp3) is 0.533. The second-order valence-corrected chi connectivity index (χ2v) is 5.63. The Bertz CT molecular complexity index is 491. The zero-order valence-corrected chi connectivity index (χ0v) is 11.9. The molecule has 1 amide bonds. The molecule has 20 heavy (non-hydrogen) atoms. The summed E-state index contributed by atoms with van der Waals surface area (Å²) in [5, 5.41) is 3.02. The summed E-state index contributed by atoms with van der Waals surface area (Å²) >= 11 is 0. The van der Waals surface area contributed by atoms with E-state index in [-0.39, 0.29) is 11.9 Å². The van der Waals surface area contributed by atoms with Crippen LogP contribution in [-0.4, -0.2) is 37.6 Å². The highest BCUT2D eigenvalue weighted by Gasteiger charge is 2.26. The van der Waals surface area contributed by atoms with Crippen LogP contribution in [0.5, 0.6) is 0 Å². The molecule has 0 radical (unpaired) electrons. The molecular weight excluding hydrogens is 252 g/mol. The molecule has 3 rings (SSSR count). The van der Waals surface area contributed by atoms with Crippen molar-refractivity contribution in [1.82, 2.24) is 16.2 Å². The third-order valence-electron chi connectivity index (χ3n) is 4.07. The van der Waals surface area contributed by atoms with Crippen LogP contribution in [0.2, 0.25) is 0 Å². The number of carbonyl (C=O) groups excluding carboxylic acids is 1. The fourth-order valence-corrected chi connectivity index (χ4v) is 2.96. The van der Waals surface area contributed by atoms with E-state index in [9.17, 15) is 4.79 Å². The molecule has 0 bridgehead atoms. The highest BCUT2D eigenvalue weighted by Crippen LogP contribution is 2.26. The normalized spacial score (nSPS) is 24.8. The number of hydrazine groups is 1. The summed E-state index contributed by atoms with van der Waals surface area (Å²) in [5.74, 6) is 0.0920. The minimum atomic E-state index is -0.101. The number of benzene rings is 1. The summed E-state index contributed by atoms with van der Waals surface area (Å²) in [5.41, 5.74) is 8.83. The van der Waals surface area contributed by atoms with Crippen LogP contribution in [-0.2, 0) is 11.2 Å². The second kappa shape index (κ2) is 5.81. The van der Waals surface area contributed by atoms with Crippen molar-refractivity contribution in [3.8, 4) is 0 Å². The lowest BCUT2D eigenvalue weighted by molar-refractivity contribution is -0.122. The van der Waals surface area contributed by atoms with E-state index in [1.807, 2.05) is 0 Å². The molecule has 108 valence electrons. The number of hydrogen-bond acceptors (Lipinski definition) is 4. The van der Waals surface area contributed by atoms with Gasteiger partial charge < -0.3 is 10.2 Å². The molecule has 0 aliphatic carbocycles. The van der Waals surface area contributed by atoms with Crippen molar-refractivity contribution in [3.05, 3.63) is 29.8 Å². The molecular formula is C15H22N4O. The summed E-state index contributed by atoms with van der Waals surface area (Å²) in [6.45, 7) is 4.69. The zero-order chi connectivity index (χ0) is 13.9. The summed E-state index contributed by atoms with van der Waals surface area (Å²) in [4.78, 5) is 14.3. The van der Waals surface area contributed by atoms with E-state index in [1.165, 1.54) is 11.3 Å². The Morgan fingerprint density at radius 3 is 3.05 bits per heavy atom. The largest absolute Gasteiger partial charge is 0.369 e. The van der Waals surface area contributed by atoms with Gasteiger partial charge in [-0.25, -0.2) is 5.43 Å². The predicted molar refractivity (Wildman–Crippen MR) is 79.5 cm³/mol. The van der Waals surface area contributed by atoms with Crippen LogP contribution in [0.1, 0.15) is 18.9 Å². The number of anilines is 1. The van der Waals surface area contributed by atoms with Crippen LogP contribution >= 0.6 is 0 Å². The predicted octanol–water partition coefficient (Wildman–Crippen LogP) is 0.420. The van der Waals surface area contributed by atoms with E-state index in [1.54, 1.807) is 0 Å². The molecule has 2 aliphatic heterocycles. The Hall–Kier alpha value is -1.59. The molecule has 1 aromatic carbocycles. The molecule has 3 N–H and O–H groups in total. The van der Waals surface area contributed by atoms with Gasteiger partial charge in [-0.15, -0.1) is 0 Å². The zero-order valence-electron chi connectivity index (χ0n) is 11.9. The third-order valence-corrected chi connectivity index (χ3v) is 4.07. The van der Waals surface area contributed by atoms with Crippen molar-refractivity contribution < 1.29 is 4.79 Å². The molecule has 2 atom stereocenters. The maximum absolute atomic E-state index is 12.0. The van der Waals surface area contributed by atoms with Crippen LogP contribution in [0.3, 0.4) is 0 Å². The Labute approximate surface area is 119 Å². The summed E-state index contributed by atoms with van der Waals surface area (Å²) in [6.07, 6.45) is 1.95. The number of amides is 1. The van der Waals surface area contributed by atoms with Crippen molar-refractivity contribution in [2.45, 2.75) is 31.8 Å². The van der Waals surface area contributed by atoms with E-state index in [0.717, 1.165) is 25.9 Å². The molecule has 1 saturated heterocycles. The van der Waals surface area contributed by atoms with E-state index < -0.39 is 0 Å². The van der Waals surface area contributed by atoms with Gasteiger partial charge in [0.05, 0.1) is 0 Å². The summed E-state index contributed by atoms with van der Waals surface area (Å²) < 4.78 is 0. The van der Waals surface area contributed by atoms with Gasteiger partial charge in [0, 0.05) is 31.4 Å². The number of fused-ring (bicyclic) bond motifs is 1. The monoisotopic (exact) mass is 274 g/mol. The number of para-hydroxylation sites is 1. The van der Waals surface area contributed by atoms with Crippen molar-refractivity contribution in [1.29, 1.82) is 0 Å². The highest BCUT2D eigenvalue weighted by atomic mass is 16.2. The Morgan fingerprint density at radius 1 is 1.40 bits per heavy atom. The van der Waals surface area contributed by atoms with Gasteiger partial charge in [0.2, 0.25) is 5.91 Å². The number of nitrogens with one attached hydrogen (secondary N) is 3. The first-order valence-corrected chi connectivity index (χ1v) is 7.35. The molecule has 1 aromatic rings. The molecule has 0 saturated carbocycles. The van der Waals surface area contributed by atoms with Crippen LogP contribution in [0, 0.1) is 0 Å². The smallest absolute Gasteiger partial charge is 0.238 e. The van der Waals surface area contributed by atoms with Crippen LogP contribution in [0.4, 0.5) is 5.69 Å². The van der Waals surface area contributed by atoms with E-state index in [4.69, 9.17) is 0 Å². The van der Waals surface area contributed by atoms with Gasteiger partial charge in [-0.1, -0.05) is 18.2 Å². The SMILES string of the molecule is CC1CC(C(=O)NCCN2CCc3ccccc32)NN1. The van der Waals surface area contributed by atoms with Gasteiger partial charge in [0.25, 0.3) is 0 Å². The van der Waals surface area contributed by atoms with Crippen LogP contribution < -0.4 is 21.1 Å². The molecule has 2 unspecified atom stereocenters. The van der Waals surface area contributed by atoms with Gasteiger partial charge in [0.1, 0.15) is 6.04 Å². The highest BCUT2D eigenvalue weighted by molar-refractivity contribution is 5.82. The third kappa shape index (κ3) is 2.78. The van der Waals surface area contributed by atoms with E-state index >= 15 is 0 Å². The van der Waals surface area contributed by atoms with Gasteiger partial charge in [0.15, 0.2) is 0 Å². The van der Waals surface area contributed by atoms with Gasteiger partial charge >= 0.3 is 0 Å². The minimum absolute atomic E-state index is 0.0920. The van der Waals surface area contributed by atoms with E-state index in [0.29, 0.717) is 12.6 Å². The van der Waals surface area contributed by atoms with Crippen molar-refractivity contribution in [2.24, 2.45) is 0 Å². The first-order valence-electron chi connectivity index (χ1n) is 7.35. The average molecular weight is 274 g/mol. The molecule has 0 aromatic heterocycles. The molecule has 5 heteroatoms. The van der Waals surface area contributed by atoms with Crippen molar-refractivity contribution in [3.63, 3.8) is 0 Å². The molecule has 0 spiro atoms. The second-order valence-electron chi connectivity index (χ2n) is 5.63. The standard InChI is InChI=1S/C15H22N4O/c1-11-10-13(18-17-11)15(20)16-7-9-19-8-6-12-4-2-3-5-14(12)19/h2-5,11,13,17-18H,6-10H2,1H3,(H,16,20). The molecule has 2 aliphatic rings. The summed E-state index contributed by atoms with van der Waals surface area (Å²) in [6, 6.07) is 8.76. The van der Waals surface area contributed by atoms with Gasteiger partial charge in [-0.2, -0.15) is 0 Å². The van der Waals surface area contributed by atoms with Crippen LogP contribution in [0.15, 0.2) is 24.3 Å². The first-order chi connectivity index (χ1) is 9.74. The van der Waals surface area contributed by atoms with Crippen molar-refractivity contribution >= 4 is 11.6 Å². The van der Waals surface area contributed by atoms with Crippen molar-refractivity contribution in [2.75, 3.05) is 24.5 Å². The Kier molecular flexibility index (Phi) is 3.89. The Morgan fingerprint density at radius 2 is 2.25 bits per heavy atom. The Balaban J connectivity index is 1.46. The molecule has 1 fully saturated rings. The molecule has 2 heterocycles. The minimum Gasteiger partial charge on any atom is -0.369 e. The maximum atomic E-state index is 12.0. The maximum Gasteiger partial charge on any atom is 0.238 e. The van der Waals surface area contributed by atoms with E-state index in [2.05, 4.69) is 52.3 Å². The topological polar surface area (TPSA) is 56.4 Å². The van der Waals surface area contributed by atoms with Gasteiger partial charge in [-0.05, 0) is 31.4 Å². The molecule has 5 nitrogen and oxygen atoms in total. The number of nitrogens with zero attached hydrogens (tertiary/aromatic N) is 1.